The van der Waals surface area contributed by atoms with Crippen molar-refractivity contribution in [1.82, 2.24) is 0 Å². The van der Waals surface area contributed by atoms with Crippen molar-refractivity contribution in [2.24, 2.45) is 0 Å². The summed E-state index contributed by atoms with van der Waals surface area (Å²) >= 11 is 0. The fourth-order valence-corrected chi connectivity index (χ4v) is 2.50. The maximum absolute atomic E-state index is 11.9. The SMILES string of the molecule is CC(C)c1cccc(OP(=O)(O)Oc2ccccc2)c1. The Balaban J connectivity index is 2.12. The normalized spacial score (nSPS) is 13.8. The predicted molar refractivity (Wildman–Crippen MR) is 78.1 cm³/mol. The Labute approximate surface area is 118 Å². The molecule has 5 heteroatoms. The zero-order valence-electron chi connectivity index (χ0n) is 11.4. The molecule has 4 nitrogen and oxygen atoms in total. The Hall–Kier alpha value is -1.77. The van der Waals surface area contributed by atoms with E-state index in [-0.39, 0.29) is 0 Å². The molecular formula is C15H17O4P. The minimum absolute atomic E-state index is 0.290. The van der Waals surface area contributed by atoms with Crippen molar-refractivity contribution < 1.29 is 18.5 Å². The zero-order chi connectivity index (χ0) is 14.6. The number of hydrogen-bond acceptors (Lipinski definition) is 3. The Morgan fingerprint density at radius 3 is 2.20 bits per heavy atom. The summed E-state index contributed by atoms with van der Waals surface area (Å²) in [5.74, 6) is 0.919. The largest absolute Gasteiger partial charge is 0.584 e. The lowest BCUT2D eigenvalue weighted by molar-refractivity contribution is 0.291. The van der Waals surface area contributed by atoms with Crippen LogP contribution in [0.15, 0.2) is 54.6 Å². The lowest BCUT2D eigenvalue weighted by Gasteiger charge is -2.15. The van der Waals surface area contributed by atoms with Crippen molar-refractivity contribution in [3.05, 3.63) is 60.2 Å². The van der Waals surface area contributed by atoms with Gasteiger partial charge in [-0.25, -0.2) is 4.57 Å². The average molecular weight is 292 g/mol. The van der Waals surface area contributed by atoms with E-state index in [1.807, 2.05) is 19.9 Å². The number of benzene rings is 2. The van der Waals surface area contributed by atoms with Gasteiger partial charge in [-0.05, 0) is 35.7 Å². The van der Waals surface area contributed by atoms with E-state index in [1.165, 1.54) is 0 Å². The third-order valence-corrected chi connectivity index (χ3v) is 3.59. The van der Waals surface area contributed by atoms with Gasteiger partial charge in [0.1, 0.15) is 11.5 Å². The maximum atomic E-state index is 11.9. The van der Waals surface area contributed by atoms with Crippen LogP contribution in [0.3, 0.4) is 0 Å². The molecule has 2 aromatic rings. The summed E-state index contributed by atoms with van der Waals surface area (Å²) in [6, 6.07) is 15.5. The van der Waals surface area contributed by atoms with Crippen molar-refractivity contribution in [3.63, 3.8) is 0 Å². The van der Waals surface area contributed by atoms with E-state index in [9.17, 15) is 9.46 Å². The van der Waals surface area contributed by atoms with E-state index in [2.05, 4.69) is 0 Å². The van der Waals surface area contributed by atoms with Gasteiger partial charge in [0.15, 0.2) is 0 Å². The van der Waals surface area contributed by atoms with Gasteiger partial charge < -0.3 is 9.05 Å². The highest BCUT2D eigenvalue weighted by atomic mass is 31.2. The van der Waals surface area contributed by atoms with E-state index in [1.54, 1.807) is 48.5 Å². The molecule has 106 valence electrons. The molecule has 0 aliphatic carbocycles. The van der Waals surface area contributed by atoms with Crippen LogP contribution in [-0.4, -0.2) is 4.89 Å². The molecule has 0 bridgehead atoms. The van der Waals surface area contributed by atoms with Gasteiger partial charge >= 0.3 is 7.82 Å². The summed E-state index contributed by atoms with van der Waals surface area (Å²) in [5, 5.41) is 0. The smallest absolute Gasteiger partial charge is 0.395 e. The second-order valence-electron chi connectivity index (χ2n) is 4.69. The molecule has 1 atom stereocenters. The van der Waals surface area contributed by atoms with Crippen molar-refractivity contribution in [2.45, 2.75) is 19.8 Å². The highest BCUT2D eigenvalue weighted by Crippen LogP contribution is 2.44. The Morgan fingerprint density at radius 2 is 1.55 bits per heavy atom. The topological polar surface area (TPSA) is 55.8 Å². The van der Waals surface area contributed by atoms with Crippen LogP contribution in [0.1, 0.15) is 25.3 Å². The number of phosphoric acid groups is 1. The molecule has 0 fully saturated rings. The molecule has 1 N–H and O–H groups in total. The summed E-state index contributed by atoms with van der Waals surface area (Å²) in [7, 11) is -4.19. The highest BCUT2D eigenvalue weighted by Gasteiger charge is 2.25. The van der Waals surface area contributed by atoms with Crippen LogP contribution in [0, 0.1) is 0 Å². The van der Waals surface area contributed by atoms with Gasteiger partial charge in [0.25, 0.3) is 0 Å². The van der Waals surface area contributed by atoms with Crippen LogP contribution in [0.5, 0.6) is 11.5 Å². The van der Waals surface area contributed by atoms with Crippen LogP contribution in [-0.2, 0) is 4.57 Å². The van der Waals surface area contributed by atoms with E-state index in [0.29, 0.717) is 17.4 Å². The zero-order valence-corrected chi connectivity index (χ0v) is 12.3. The second-order valence-corrected chi connectivity index (χ2v) is 5.99. The first-order chi connectivity index (χ1) is 9.46. The monoisotopic (exact) mass is 292 g/mol. The van der Waals surface area contributed by atoms with Crippen molar-refractivity contribution in [2.75, 3.05) is 0 Å². The summed E-state index contributed by atoms with van der Waals surface area (Å²) in [5.41, 5.74) is 1.03. The third kappa shape index (κ3) is 4.12. The van der Waals surface area contributed by atoms with Gasteiger partial charge in [0.05, 0.1) is 0 Å². The molecule has 2 rings (SSSR count). The molecule has 0 saturated heterocycles. The number of rotatable bonds is 5. The van der Waals surface area contributed by atoms with E-state index >= 15 is 0 Å². The molecule has 0 aliphatic rings. The van der Waals surface area contributed by atoms with Gasteiger partial charge in [-0.1, -0.05) is 44.2 Å². The molecule has 0 spiro atoms. The first-order valence-corrected chi connectivity index (χ1v) is 7.83. The van der Waals surface area contributed by atoms with Crippen LogP contribution < -0.4 is 9.05 Å². The van der Waals surface area contributed by atoms with Gasteiger partial charge in [0, 0.05) is 0 Å². The Bertz CT molecular complexity index is 610. The van der Waals surface area contributed by atoms with E-state index in [0.717, 1.165) is 5.56 Å². The lowest BCUT2D eigenvalue weighted by atomic mass is 10.0. The fourth-order valence-electron chi connectivity index (χ4n) is 1.70. The first-order valence-electron chi connectivity index (χ1n) is 6.33. The third-order valence-electron chi connectivity index (χ3n) is 2.71. The maximum Gasteiger partial charge on any atom is 0.584 e. The Morgan fingerprint density at radius 1 is 0.950 bits per heavy atom. The summed E-state index contributed by atoms with van der Waals surface area (Å²) < 4.78 is 22.0. The quantitative estimate of drug-likeness (QED) is 0.831. The molecular weight excluding hydrogens is 275 g/mol. The van der Waals surface area contributed by atoms with Crippen LogP contribution in [0.4, 0.5) is 0 Å². The Kier molecular flexibility index (Phi) is 4.48. The molecule has 0 heterocycles. The van der Waals surface area contributed by atoms with Gasteiger partial charge in [-0.15, -0.1) is 0 Å². The molecule has 0 amide bonds. The van der Waals surface area contributed by atoms with Gasteiger partial charge in [-0.2, -0.15) is 0 Å². The predicted octanol–water partition coefficient (Wildman–Crippen LogP) is 4.37. The molecule has 1 unspecified atom stereocenters. The number of phosphoric ester groups is 1. The summed E-state index contributed by atoms with van der Waals surface area (Å²) in [4.78, 5) is 9.76. The van der Waals surface area contributed by atoms with Crippen molar-refractivity contribution in [1.29, 1.82) is 0 Å². The van der Waals surface area contributed by atoms with E-state index < -0.39 is 7.82 Å². The number of para-hydroxylation sites is 1. The first kappa shape index (κ1) is 14.6. The molecule has 2 aromatic carbocycles. The molecule has 0 aliphatic heterocycles. The standard InChI is InChI=1S/C15H17O4P/c1-12(2)13-7-6-10-15(11-13)19-20(16,17)18-14-8-4-3-5-9-14/h3-12H,1-2H3,(H,16,17). The van der Waals surface area contributed by atoms with Crippen molar-refractivity contribution in [3.8, 4) is 11.5 Å². The summed E-state index contributed by atoms with van der Waals surface area (Å²) in [6.07, 6.45) is 0. The van der Waals surface area contributed by atoms with Crippen molar-refractivity contribution >= 4 is 7.82 Å². The van der Waals surface area contributed by atoms with Crippen LogP contribution >= 0.6 is 7.82 Å². The lowest BCUT2D eigenvalue weighted by Crippen LogP contribution is -2.00. The molecule has 0 saturated carbocycles. The number of hydrogen-bond donors (Lipinski definition) is 1. The molecule has 0 aromatic heterocycles. The van der Waals surface area contributed by atoms with Gasteiger partial charge in [0.2, 0.25) is 0 Å². The van der Waals surface area contributed by atoms with Crippen LogP contribution in [0.25, 0.3) is 0 Å². The second kappa shape index (κ2) is 6.12. The minimum atomic E-state index is -4.19. The van der Waals surface area contributed by atoms with E-state index in [4.69, 9.17) is 9.05 Å². The minimum Gasteiger partial charge on any atom is -0.395 e. The van der Waals surface area contributed by atoms with Crippen LogP contribution in [0.2, 0.25) is 0 Å². The van der Waals surface area contributed by atoms with Gasteiger partial charge in [-0.3, -0.25) is 4.89 Å². The molecule has 0 radical (unpaired) electrons. The molecule has 20 heavy (non-hydrogen) atoms. The summed E-state index contributed by atoms with van der Waals surface area (Å²) in [6.45, 7) is 4.08. The fraction of sp³-hybridized carbons (Fsp3) is 0.200. The average Bonchev–Trinajstić information content (AvgIpc) is 2.39. The highest BCUT2D eigenvalue weighted by molar-refractivity contribution is 7.48.